The van der Waals surface area contributed by atoms with E-state index in [1.54, 1.807) is 22.4 Å². The van der Waals surface area contributed by atoms with Gasteiger partial charge in [0.05, 0.1) is 12.1 Å². The number of thiazole rings is 1. The maximum atomic E-state index is 12.3. The molecule has 104 valence electrons. The minimum Gasteiger partial charge on any atom is -0.557 e. The number of urea groups is 1. The second-order valence-electron chi connectivity index (χ2n) is 4.87. The first-order chi connectivity index (χ1) is 9.72. The van der Waals surface area contributed by atoms with E-state index in [2.05, 4.69) is 11.1 Å². The Morgan fingerprint density at radius 3 is 3.25 bits per heavy atom. The zero-order valence-electron chi connectivity index (χ0n) is 11.2. The molecule has 0 saturated carbocycles. The summed E-state index contributed by atoms with van der Waals surface area (Å²) in [5, 5.41) is 9.83. The van der Waals surface area contributed by atoms with Crippen LogP contribution in [0.4, 0.5) is 4.79 Å². The van der Waals surface area contributed by atoms with E-state index in [1.165, 1.54) is 0 Å². The van der Waals surface area contributed by atoms with E-state index >= 15 is 0 Å². The van der Waals surface area contributed by atoms with Crippen LogP contribution in [0.3, 0.4) is 0 Å². The van der Waals surface area contributed by atoms with Crippen LogP contribution in [-0.2, 0) is 4.65 Å². The van der Waals surface area contributed by atoms with Crippen LogP contribution in [0.5, 0.6) is 0 Å². The number of hydrogen-bond acceptors (Lipinski definition) is 5. The number of rotatable bonds is 5. The van der Waals surface area contributed by atoms with Crippen LogP contribution in [0, 0.1) is 5.41 Å². The van der Waals surface area contributed by atoms with Gasteiger partial charge >= 0.3 is 13.5 Å². The number of aromatic nitrogens is 1. The van der Waals surface area contributed by atoms with Crippen LogP contribution in [0.1, 0.15) is 5.01 Å². The first-order valence-corrected chi connectivity index (χ1v) is 7.36. The van der Waals surface area contributed by atoms with Crippen molar-refractivity contribution in [3.05, 3.63) is 22.7 Å². The Kier molecular flexibility index (Phi) is 3.48. The van der Waals surface area contributed by atoms with Crippen molar-refractivity contribution in [2.24, 2.45) is 0 Å². The van der Waals surface area contributed by atoms with E-state index in [4.69, 9.17) is 10.1 Å². The topological polar surface area (TPSA) is 69.5 Å². The molecule has 6 nitrogen and oxygen atoms in total. The van der Waals surface area contributed by atoms with E-state index in [-0.39, 0.29) is 18.1 Å². The Bertz CT molecular complexity index is 548. The average Bonchev–Trinajstić information content (AvgIpc) is 3.06. The van der Waals surface area contributed by atoms with Gasteiger partial charge < -0.3 is 14.5 Å². The van der Waals surface area contributed by atoms with E-state index in [0.717, 1.165) is 23.5 Å². The Balaban J connectivity index is 1.90. The molecular weight excluding hydrogens is 275 g/mol. The molecule has 2 aliphatic heterocycles. The van der Waals surface area contributed by atoms with E-state index in [0.29, 0.717) is 13.8 Å². The molecule has 0 aromatic carbocycles. The monoisotopic (exact) mass is 290 g/mol. The molecule has 2 aliphatic rings. The van der Waals surface area contributed by atoms with Crippen molar-refractivity contribution in [3.63, 3.8) is 0 Å². The Morgan fingerprint density at radius 1 is 1.70 bits per heavy atom. The van der Waals surface area contributed by atoms with Crippen LogP contribution >= 0.6 is 11.3 Å². The van der Waals surface area contributed by atoms with Gasteiger partial charge in [-0.2, -0.15) is 0 Å². The van der Waals surface area contributed by atoms with Crippen LogP contribution in [0.2, 0.25) is 6.32 Å². The van der Waals surface area contributed by atoms with Crippen molar-refractivity contribution in [2.75, 3.05) is 13.6 Å². The molecule has 0 unspecified atom stereocenters. The fraction of sp³-hybridized carbons (Fsp3) is 0.417. The third-order valence-electron chi connectivity index (χ3n) is 3.81. The minimum atomic E-state index is -0.0187. The van der Waals surface area contributed by atoms with Gasteiger partial charge in [-0.05, 0) is 6.32 Å². The molecular formula is C12H15BN4O2S. The van der Waals surface area contributed by atoms with Gasteiger partial charge in [0.1, 0.15) is 11.4 Å². The van der Waals surface area contributed by atoms with Gasteiger partial charge in [0, 0.05) is 30.7 Å². The number of nitrogens with zero attached hydrogens (tertiary/aromatic N) is 3. The number of nitrogens with one attached hydrogen (secondary N) is 1. The van der Waals surface area contributed by atoms with Crippen molar-refractivity contribution < 1.29 is 9.45 Å². The Morgan fingerprint density at radius 2 is 2.55 bits per heavy atom. The highest BCUT2D eigenvalue weighted by Gasteiger charge is 2.43. The van der Waals surface area contributed by atoms with Crippen molar-refractivity contribution in [3.8, 4) is 0 Å². The van der Waals surface area contributed by atoms with Gasteiger partial charge in [-0.15, -0.1) is 11.3 Å². The predicted octanol–water partition coefficient (Wildman–Crippen LogP) is 1.04. The lowest BCUT2D eigenvalue weighted by Crippen LogP contribution is -2.40. The van der Waals surface area contributed by atoms with Gasteiger partial charge in [-0.25, -0.2) is 9.78 Å². The number of likely N-dealkylation sites (N-methyl/N-ethyl adjacent to an activating group) is 1. The maximum absolute atomic E-state index is 12.3. The largest absolute Gasteiger partial charge is 0.557 e. The van der Waals surface area contributed by atoms with Gasteiger partial charge in [0.2, 0.25) is 0 Å². The summed E-state index contributed by atoms with van der Waals surface area (Å²) in [7, 11) is 2.26. The first kappa shape index (κ1) is 13.2. The number of carbonyl (C=O) groups excluding carboxylic acids is 1. The molecule has 3 rings (SSSR count). The third kappa shape index (κ3) is 2.09. The van der Waals surface area contributed by atoms with Crippen molar-refractivity contribution in [1.82, 2.24) is 14.8 Å². The molecule has 1 saturated heterocycles. The molecule has 20 heavy (non-hydrogen) atoms. The minimum absolute atomic E-state index is 0.0187. The lowest BCUT2D eigenvalue weighted by Gasteiger charge is -2.30. The van der Waals surface area contributed by atoms with Crippen molar-refractivity contribution in [2.45, 2.75) is 18.4 Å². The molecule has 0 aliphatic carbocycles. The predicted molar refractivity (Wildman–Crippen MR) is 79.4 cm³/mol. The molecule has 2 atom stereocenters. The molecule has 3 heterocycles. The summed E-state index contributed by atoms with van der Waals surface area (Å²) < 4.78 is 5.02. The summed E-state index contributed by atoms with van der Waals surface area (Å²) in [6, 6.07) is 0.161. The Hall–Kier alpha value is -1.83. The lowest BCUT2D eigenvalue weighted by molar-refractivity contribution is 0.194. The fourth-order valence-corrected chi connectivity index (χ4v) is 3.50. The zero-order valence-corrected chi connectivity index (χ0v) is 12.0. The highest BCUT2D eigenvalue weighted by molar-refractivity contribution is 7.10. The number of carbonyl (C=O) groups is 1. The van der Waals surface area contributed by atoms with Crippen molar-refractivity contribution in [1.29, 1.82) is 5.41 Å². The van der Waals surface area contributed by atoms with Gasteiger partial charge in [-0.1, -0.05) is 6.08 Å². The summed E-state index contributed by atoms with van der Waals surface area (Å²) >= 11 is 1.59. The number of hydrogen-bond donors (Lipinski definition) is 1. The second-order valence-corrected chi connectivity index (χ2v) is 5.76. The molecule has 0 spiro atoms. The molecule has 8 heteroatoms. The summed E-state index contributed by atoms with van der Waals surface area (Å²) in [5.74, 6) is 0. The first-order valence-electron chi connectivity index (χ1n) is 6.48. The summed E-state index contributed by atoms with van der Waals surface area (Å²) in [6.45, 7) is 0.722. The van der Waals surface area contributed by atoms with Gasteiger partial charge in [0.25, 0.3) is 0 Å². The smallest absolute Gasteiger partial charge is 0.343 e. The summed E-state index contributed by atoms with van der Waals surface area (Å²) in [6.07, 6.45) is 5.54. The summed E-state index contributed by atoms with van der Waals surface area (Å²) in [4.78, 5) is 20.3. The zero-order chi connectivity index (χ0) is 14.1. The highest BCUT2D eigenvalue weighted by Crippen LogP contribution is 2.36. The van der Waals surface area contributed by atoms with E-state index in [1.807, 2.05) is 17.3 Å². The molecule has 1 N–H and O–H groups in total. The molecule has 2 amide bonds. The number of amides is 2. The average molecular weight is 290 g/mol. The van der Waals surface area contributed by atoms with Crippen LogP contribution in [0.25, 0.3) is 5.57 Å². The van der Waals surface area contributed by atoms with Crippen LogP contribution in [0.15, 0.2) is 17.7 Å². The maximum Gasteiger partial charge on any atom is 0.343 e. The second kappa shape index (κ2) is 5.28. The number of fused-ring (bicyclic) bond motifs is 2. The Labute approximate surface area is 121 Å². The van der Waals surface area contributed by atoms with Gasteiger partial charge in [0.15, 0.2) is 0 Å². The van der Waals surface area contributed by atoms with Crippen LogP contribution in [-0.4, -0.2) is 60.4 Å². The summed E-state index contributed by atoms with van der Waals surface area (Å²) in [5.41, 5.74) is 1.10. The lowest BCUT2D eigenvalue weighted by atomic mass is 9.83. The van der Waals surface area contributed by atoms with Gasteiger partial charge in [-0.3, -0.25) is 5.41 Å². The third-order valence-corrected chi connectivity index (χ3v) is 4.63. The molecule has 1 aromatic heterocycles. The SMILES string of the molecule is CN1C(=O)N2C[C@H]1C=C(c1nccs1)[C@H]2CBOC=N. The normalized spacial score (nSPS) is 24.6. The quantitative estimate of drug-likeness (QED) is 0.381. The van der Waals surface area contributed by atoms with E-state index in [9.17, 15) is 4.79 Å². The van der Waals surface area contributed by atoms with Crippen molar-refractivity contribution >= 4 is 36.8 Å². The molecule has 0 radical (unpaired) electrons. The standard InChI is InChI=1S/C12H15BN4O2S/c1-16-8-4-9(11-15-2-3-20-11)10(5-13-19-7-14)17(6-8)12(16)18/h2-4,7-8,10,13-14H,5-6H2,1H3/t8-,10-/m1/s1. The molecule has 1 aromatic rings. The fourth-order valence-electron chi connectivity index (χ4n) is 2.79. The highest BCUT2D eigenvalue weighted by atomic mass is 32.1. The molecule has 2 bridgehead atoms. The molecule has 1 fully saturated rings. The van der Waals surface area contributed by atoms with E-state index < -0.39 is 0 Å². The van der Waals surface area contributed by atoms with Crippen LogP contribution < -0.4 is 0 Å².